The van der Waals surface area contributed by atoms with Crippen LogP contribution in [0.3, 0.4) is 0 Å². The Labute approximate surface area is 166 Å². The summed E-state index contributed by atoms with van der Waals surface area (Å²) in [5, 5.41) is 15.1. The number of ether oxygens (including phenoxy) is 1. The Morgan fingerprint density at radius 1 is 1.18 bits per heavy atom. The van der Waals surface area contributed by atoms with Gasteiger partial charge >= 0.3 is 0 Å². The number of hydrogen-bond acceptors (Lipinski definition) is 6. The van der Waals surface area contributed by atoms with E-state index in [2.05, 4.69) is 10.00 Å². The molecule has 2 saturated heterocycles. The molecule has 148 valence electrons. The first-order valence-corrected chi connectivity index (χ1v) is 9.81. The molecule has 0 spiro atoms. The monoisotopic (exact) mass is 404 g/mol. The van der Waals surface area contributed by atoms with E-state index in [4.69, 9.17) is 16.3 Å². The number of piperidine rings is 1. The molecule has 1 unspecified atom stereocenters. The molecule has 8 nitrogen and oxygen atoms in total. The number of benzene rings is 1. The predicted octanol–water partition coefficient (Wildman–Crippen LogP) is 3.19. The average Bonchev–Trinajstić information content (AvgIpc) is 3.25. The van der Waals surface area contributed by atoms with Gasteiger partial charge in [-0.25, -0.2) is 0 Å². The fourth-order valence-electron chi connectivity index (χ4n) is 4.03. The molecule has 0 saturated carbocycles. The van der Waals surface area contributed by atoms with E-state index in [0.29, 0.717) is 23.4 Å². The molecule has 2 aliphatic heterocycles. The zero-order valence-corrected chi connectivity index (χ0v) is 16.0. The summed E-state index contributed by atoms with van der Waals surface area (Å²) in [4.78, 5) is 25.1. The third-order valence-corrected chi connectivity index (χ3v) is 5.93. The first-order valence-electron chi connectivity index (χ1n) is 9.44. The molecule has 4 rings (SSSR count). The van der Waals surface area contributed by atoms with Gasteiger partial charge in [-0.3, -0.25) is 14.9 Å². The van der Waals surface area contributed by atoms with E-state index in [0.717, 1.165) is 50.1 Å². The third kappa shape index (κ3) is 3.62. The fraction of sp³-hybridized carbons (Fsp3) is 0.474. The molecule has 1 aromatic heterocycles. The molecule has 3 heterocycles. The quantitative estimate of drug-likeness (QED) is 0.574. The third-order valence-electron chi connectivity index (χ3n) is 5.58. The molecule has 2 fully saturated rings. The minimum Gasteiger partial charge on any atom is -0.378 e. The van der Waals surface area contributed by atoms with Gasteiger partial charge in [0.2, 0.25) is 0 Å². The Bertz CT molecular complexity index is 917. The predicted molar refractivity (Wildman–Crippen MR) is 105 cm³/mol. The largest absolute Gasteiger partial charge is 0.378 e. The van der Waals surface area contributed by atoms with Crippen LogP contribution in [0, 0.1) is 16.0 Å². The van der Waals surface area contributed by atoms with Crippen molar-refractivity contribution in [1.29, 1.82) is 0 Å². The van der Waals surface area contributed by atoms with Crippen LogP contribution >= 0.6 is 11.6 Å². The van der Waals surface area contributed by atoms with Crippen molar-refractivity contribution in [3.8, 4) is 5.69 Å². The molecule has 2 aromatic rings. The lowest BCUT2D eigenvalue weighted by Gasteiger charge is -2.35. The number of anilines is 1. The van der Waals surface area contributed by atoms with Crippen molar-refractivity contribution in [2.75, 3.05) is 24.6 Å². The summed E-state index contributed by atoms with van der Waals surface area (Å²) in [6, 6.07) is 5.63. The summed E-state index contributed by atoms with van der Waals surface area (Å²) in [6.07, 6.45) is 6.25. The maximum atomic E-state index is 12.7. The topological polar surface area (TPSA) is 90.5 Å². The van der Waals surface area contributed by atoms with Crippen LogP contribution in [0.5, 0.6) is 0 Å². The lowest BCUT2D eigenvalue weighted by Crippen LogP contribution is -2.39. The van der Waals surface area contributed by atoms with E-state index in [-0.39, 0.29) is 10.7 Å². The average molecular weight is 405 g/mol. The van der Waals surface area contributed by atoms with Crippen molar-refractivity contribution in [1.82, 2.24) is 9.78 Å². The molecule has 0 radical (unpaired) electrons. The van der Waals surface area contributed by atoms with Crippen LogP contribution in [0.25, 0.3) is 5.69 Å². The van der Waals surface area contributed by atoms with Gasteiger partial charge < -0.3 is 9.64 Å². The van der Waals surface area contributed by atoms with E-state index in [1.54, 1.807) is 6.20 Å². The summed E-state index contributed by atoms with van der Waals surface area (Å²) in [6.45, 7) is 2.49. The van der Waals surface area contributed by atoms with Crippen molar-refractivity contribution < 1.29 is 9.66 Å². The zero-order valence-electron chi connectivity index (χ0n) is 15.3. The van der Waals surface area contributed by atoms with Crippen LogP contribution in [-0.2, 0) is 4.74 Å². The highest BCUT2D eigenvalue weighted by atomic mass is 35.5. The summed E-state index contributed by atoms with van der Waals surface area (Å²) < 4.78 is 6.97. The number of hydrogen-bond donors (Lipinski definition) is 0. The molecule has 9 heteroatoms. The van der Waals surface area contributed by atoms with Gasteiger partial charge in [0.1, 0.15) is 5.02 Å². The molecule has 28 heavy (non-hydrogen) atoms. The highest BCUT2D eigenvalue weighted by Gasteiger charge is 2.30. The van der Waals surface area contributed by atoms with Gasteiger partial charge in [-0.05, 0) is 43.7 Å². The Kier molecular flexibility index (Phi) is 5.32. The van der Waals surface area contributed by atoms with Crippen molar-refractivity contribution in [3.63, 3.8) is 0 Å². The van der Waals surface area contributed by atoms with E-state index >= 15 is 0 Å². The molecular formula is C19H21ClN4O4. The maximum absolute atomic E-state index is 12.7. The van der Waals surface area contributed by atoms with Gasteiger partial charge in [-0.2, -0.15) is 9.78 Å². The number of nitrogens with zero attached hydrogens (tertiary/aromatic N) is 4. The SMILES string of the molecule is O=c1c(Cl)c(N2CCC(C3CCCO3)CC2)cnn1-c1ccc([N+](=O)[O-])cc1. The second-order valence-corrected chi connectivity index (χ2v) is 7.59. The zero-order chi connectivity index (χ0) is 19.7. The summed E-state index contributed by atoms with van der Waals surface area (Å²) in [7, 11) is 0. The number of aromatic nitrogens is 2. The normalized spacial score (nSPS) is 20.5. The number of rotatable bonds is 4. The molecule has 0 aliphatic carbocycles. The van der Waals surface area contributed by atoms with Gasteiger partial charge in [0.15, 0.2) is 0 Å². The van der Waals surface area contributed by atoms with E-state index in [1.807, 2.05) is 0 Å². The van der Waals surface area contributed by atoms with Gasteiger partial charge in [-0.15, -0.1) is 0 Å². The minimum absolute atomic E-state index is 0.0476. The summed E-state index contributed by atoms with van der Waals surface area (Å²) in [5.41, 5.74) is 0.583. The molecular weight excluding hydrogens is 384 g/mol. The standard InChI is InChI=1S/C19H21ClN4O4/c20-18-16(22-9-7-13(8-10-22)17-2-1-11-28-17)12-21-23(19(18)25)14-3-5-15(6-4-14)24(26)27/h3-6,12-13,17H,1-2,7-11H2. The van der Waals surface area contributed by atoms with Gasteiger partial charge in [0.25, 0.3) is 11.2 Å². The van der Waals surface area contributed by atoms with Gasteiger partial charge in [0.05, 0.1) is 28.6 Å². The van der Waals surface area contributed by atoms with Crippen LogP contribution in [0.15, 0.2) is 35.3 Å². The molecule has 0 bridgehead atoms. The number of nitro benzene ring substituents is 1. The second-order valence-electron chi connectivity index (χ2n) is 7.21. The van der Waals surface area contributed by atoms with E-state index in [9.17, 15) is 14.9 Å². The second kappa shape index (κ2) is 7.89. The smallest absolute Gasteiger partial charge is 0.292 e. The Morgan fingerprint density at radius 2 is 1.89 bits per heavy atom. The van der Waals surface area contributed by atoms with E-state index in [1.165, 1.54) is 24.3 Å². The highest BCUT2D eigenvalue weighted by Crippen LogP contribution is 2.32. The number of nitro groups is 1. The summed E-state index contributed by atoms with van der Waals surface area (Å²) in [5.74, 6) is 0.561. The van der Waals surface area contributed by atoms with Crippen LogP contribution in [0.4, 0.5) is 11.4 Å². The molecule has 1 aromatic carbocycles. The van der Waals surface area contributed by atoms with Crippen molar-refractivity contribution in [2.45, 2.75) is 31.8 Å². The van der Waals surface area contributed by atoms with Crippen LogP contribution in [0.1, 0.15) is 25.7 Å². The molecule has 1 atom stereocenters. The van der Waals surface area contributed by atoms with Crippen LogP contribution < -0.4 is 10.5 Å². The summed E-state index contributed by atoms with van der Waals surface area (Å²) >= 11 is 6.38. The first-order chi connectivity index (χ1) is 13.5. The molecule has 0 N–H and O–H groups in total. The van der Waals surface area contributed by atoms with Crippen molar-refractivity contribution >= 4 is 23.0 Å². The lowest BCUT2D eigenvalue weighted by atomic mass is 9.89. The fourth-order valence-corrected chi connectivity index (χ4v) is 4.28. The van der Waals surface area contributed by atoms with Crippen molar-refractivity contribution in [3.05, 3.63) is 56.0 Å². The molecule has 2 aliphatic rings. The Balaban J connectivity index is 1.51. The van der Waals surface area contributed by atoms with E-state index < -0.39 is 10.5 Å². The first kappa shape index (κ1) is 18.9. The number of halogens is 1. The maximum Gasteiger partial charge on any atom is 0.292 e. The van der Waals surface area contributed by atoms with Crippen molar-refractivity contribution in [2.24, 2.45) is 5.92 Å². The Hall–Kier alpha value is -2.45. The van der Waals surface area contributed by atoms with Gasteiger partial charge in [0, 0.05) is 31.8 Å². The lowest BCUT2D eigenvalue weighted by molar-refractivity contribution is -0.384. The minimum atomic E-state index is -0.490. The van der Waals surface area contributed by atoms with Gasteiger partial charge in [-0.1, -0.05) is 11.6 Å². The number of non-ortho nitro benzene ring substituents is 1. The van der Waals surface area contributed by atoms with Crippen LogP contribution in [0.2, 0.25) is 5.02 Å². The molecule has 0 amide bonds. The Morgan fingerprint density at radius 3 is 2.50 bits per heavy atom. The highest BCUT2D eigenvalue weighted by molar-refractivity contribution is 6.33. The van der Waals surface area contributed by atoms with Crippen LogP contribution in [-0.4, -0.2) is 40.5 Å².